The van der Waals surface area contributed by atoms with Crippen molar-refractivity contribution in [3.05, 3.63) is 71.8 Å². The van der Waals surface area contributed by atoms with E-state index >= 15 is 0 Å². The molecule has 0 aliphatic heterocycles. The van der Waals surface area contributed by atoms with Crippen molar-refractivity contribution in [2.75, 3.05) is 0 Å². The van der Waals surface area contributed by atoms with Crippen LogP contribution in [0.3, 0.4) is 0 Å². The van der Waals surface area contributed by atoms with Gasteiger partial charge >= 0.3 is 5.97 Å². The molecule has 4 saturated carbocycles. The number of carboxylic acid groups (broad SMARTS) is 1. The van der Waals surface area contributed by atoms with Crippen LogP contribution in [0.5, 0.6) is 0 Å². The number of hydrogen-bond donors (Lipinski definition) is 1. The summed E-state index contributed by atoms with van der Waals surface area (Å²) < 4.78 is 0. The second-order valence-electron chi connectivity index (χ2n) is 9.66. The molecule has 3 aromatic carbocycles. The van der Waals surface area contributed by atoms with Crippen LogP contribution < -0.4 is 0 Å². The van der Waals surface area contributed by atoms with Crippen molar-refractivity contribution in [1.29, 1.82) is 0 Å². The molecule has 4 bridgehead atoms. The molecule has 3 aromatic rings. The molecule has 4 aliphatic rings. The highest BCUT2D eigenvalue weighted by Gasteiger charge is 2.48. The molecule has 0 amide bonds. The van der Waals surface area contributed by atoms with Crippen molar-refractivity contribution in [2.45, 2.75) is 38.0 Å². The normalized spacial score (nSPS) is 30.0. The summed E-state index contributed by atoms with van der Waals surface area (Å²) in [6, 6.07) is 21.0. The van der Waals surface area contributed by atoms with E-state index in [0.717, 1.165) is 40.4 Å². The quantitative estimate of drug-likeness (QED) is 0.544. The molecule has 0 aromatic heterocycles. The van der Waals surface area contributed by atoms with Crippen LogP contribution in [0.2, 0.25) is 0 Å². The second kappa shape index (κ2) is 6.45. The average Bonchev–Trinajstić information content (AvgIpc) is 2.72. The molecule has 0 unspecified atom stereocenters. The fourth-order valence-electron chi connectivity index (χ4n) is 6.95. The molecule has 4 aliphatic carbocycles. The molecule has 0 heterocycles. The van der Waals surface area contributed by atoms with E-state index in [1.165, 1.54) is 48.8 Å². The Balaban J connectivity index is 1.35. The molecule has 2 heteroatoms. The zero-order valence-corrected chi connectivity index (χ0v) is 16.6. The fraction of sp³-hybridized carbons (Fsp3) is 0.370. The van der Waals surface area contributed by atoms with Crippen LogP contribution in [-0.4, -0.2) is 11.1 Å². The Morgan fingerprint density at radius 2 is 1.38 bits per heavy atom. The first-order chi connectivity index (χ1) is 14.1. The van der Waals surface area contributed by atoms with Gasteiger partial charge in [0.25, 0.3) is 0 Å². The number of fused-ring (bicyclic) bond motifs is 1. The molecular formula is C27H26O2. The summed E-state index contributed by atoms with van der Waals surface area (Å²) in [5.41, 5.74) is 4.37. The Morgan fingerprint density at radius 1 is 0.724 bits per heavy atom. The van der Waals surface area contributed by atoms with Crippen LogP contribution >= 0.6 is 0 Å². The summed E-state index contributed by atoms with van der Waals surface area (Å²) in [4.78, 5) is 11.2. The highest BCUT2D eigenvalue weighted by Crippen LogP contribution is 2.59. The first-order valence-electron chi connectivity index (χ1n) is 11.0. The zero-order chi connectivity index (χ0) is 19.5. The lowest BCUT2D eigenvalue weighted by molar-refractivity contribution is -0.00276. The minimum atomic E-state index is -0.876. The van der Waals surface area contributed by atoms with Crippen LogP contribution in [0.25, 0.3) is 21.9 Å². The third-order valence-corrected chi connectivity index (χ3v) is 7.92. The molecule has 1 N–H and O–H groups in total. The largest absolute Gasteiger partial charge is 0.478 e. The van der Waals surface area contributed by atoms with E-state index in [2.05, 4.69) is 36.4 Å². The van der Waals surface area contributed by atoms with Gasteiger partial charge in [0, 0.05) is 0 Å². The smallest absolute Gasteiger partial charge is 0.335 e. The Morgan fingerprint density at radius 3 is 2.10 bits per heavy atom. The molecule has 7 rings (SSSR count). The topological polar surface area (TPSA) is 37.3 Å². The van der Waals surface area contributed by atoms with Crippen molar-refractivity contribution in [3.63, 3.8) is 0 Å². The highest BCUT2D eigenvalue weighted by molar-refractivity contribution is 5.95. The lowest BCUT2D eigenvalue weighted by Gasteiger charge is -2.54. The van der Waals surface area contributed by atoms with E-state index in [0.29, 0.717) is 5.56 Å². The average molecular weight is 383 g/mol. The molecule has 0 radical (unpaired) electrons. The molecule has 0 saturated heterocycles. The van der Waals surface area contributed by atoms with E-state index in [1.807, 2.05) is 12.1 Å². The Kier molecular flexibility index (Phi) is 3.84. The Hall–Kier alpha value is -2.61. The van der Waals surface area contributed by atoms with E-state index in [9.17, 15) is 9.90 Å². The maximum absolute atomic E-state index is 11.2. The van der Waals surface area contributed by atoms with Crippen molar-refractivity contribution in [1.82, 2.24) is 0 Å². The van der Waals surface area contributed by atoms with Gasteiger partial charge < -0.3 is 5.11 Å². The number of carboxylic acids is 1. The number of benzene rings is 3. The van der Waals surface area contributed by atoms with Crippen LogP contribution in [-0.2, 0) is 0 Å². The molecule has 2 nitrogen and oxygen atoms in total. The van der Waals surface area contributed by atoms with Gasteiger partial charge in [0.2, 0.25) is 0 Å². The first kappa shape index (κ1) is 17.3. The van der Waals surface area contributed by atoms with Crippen molar-refractivity contribution < 1.29 is 9.90 Å². The van der Waals surface area contributed by atoms with Crippen LogP contribution in [0.1, 0.15) is 53.9 Å². The molecule has 0 atom stereocenters. The molecule has 0 spiro atoms. The standard InChI is InChI=1S/C27H26O2/c28-27(29)23-7-6-20-13-19(4-5-21(20)15-23)18-2-1-3-22(14-18)26-24-9-16-8-17(11-24)12-25(26)10-16/h1-7,13-17,24-26H,8-12H2,(H,28,29). The van der Waals surface area contributed by atoms with Gasteiger partial charge in [-0.25, -0.2) is 4.79 Å². The zero-order valence-electron chi connectivity index (χ0n) is 16.6. The van der Waals surface area contributed by atoms with Gasteiger partial charge in [-0.2, -0.15) is 0 Å². The lowest BCUT2D eigenvalue weighted by Crippen LogP contribution is -2.43. The minimum absolute atomic E-state index is 0.342. The predicted octanol–water partition coefficient (Wildman–Crippen LogP) is 6.74. The van der Waals surface area contributed by atoms with Gasteiger partial charge in [0.15, 0.2) is 0 Å². The summed E-state index contributed by atoms with van der Waals surface area (Å²) in [7, 11) is 0. The monoisotopic (exact) mass is 382 g/mol. The minimum Gasteiger partial charge on any atom is -0.478 e. The second-order valence-corrected chi connectivity index (χ2v) is 9.66. The molecule has 29 heavy (non-hydrogen) atoms. The van der Waals surface area contributed by atoms with E-state index in [-0.39, 0.29) is 0 Å². The summed E-state index contributed by atoms with van der Waals surface area (Å²) in [5.74, 6) is 3.68. The summed E-state index contributed by atoms with van der Waals surface area (Å²) in [5, 5.41) is 11.3. The highest BCUT2D eigenvalue weighted by atomic mass is 16.4. The fourth-order valence-corrected chi connectivity index (χ4v) is 6.95. The van der Waals surface area contributed by atoms with E-state index in [4.69, 9.17) is 0 Å². The molecular weight excluding hydrogens is 356 g/mol. The van der Waals surface area contributed by atoms with Crippen molar-refractivity contribution in [2.24, 2.45) is 23.7 Å². The molecule has 146 valence electrons. The van der Waals surface area contributed by atoms with Gasteiger partial charge in [-0.1, -0.05) is 42.5 Å². The van der Waals surface area contributed by atoms with Crippen LogP contribution in [0, 0.1) is 23.7 Å². The Bertz CT molecular complexity index is 1080. The lowest BCUT2D eigenvalue weighted by atomic mass is 9.50. The van der Waals surface area contributed by atoms with Gasteiger partial charge in [0.1, 0.15) is 0 Å². The summed E-state index contributed by atoms with van der Waals surface area (Å²) in [6.07, 6.45) is 7.29. The summed E-state index contributed by atoms with van der Waals surface area (Å²) >= 11 is 0. The number of rotatable bonds is 3. The number of carbonyl (C=O) groups is 1. The maximum Gasteiger partial charge on any atom is 0.335 e. The van der Waals surface area contributed by atoms with E-state index < -0.39 is 5.97 Å². The predicted molar refractivity (Wildman–Crippen MR) is 116 cm³/mol. The number of hydrogen-bond acceptors (Lipinski definition) is 1. The first-order valence-corrected chi connectivity index (χ1v) is 11.0. The van der Waals surface area contributed by atoms with E-state index in [1.54, 1.807) is 12.1 Å². The maximum atomic E-state index is 11.2. The molecule has 4 fully saturated rings. The van der Waals surface area contributed by atoms with Crippen LogP contribution in [0.4, 0.5) is 0 Å². The van der Waals surface area contributed by atoms with Gasteiger partial charge in [-0.15, -0.1) is 0 Å². The summed E-state index contributed by atoms with van der Waals surface area (Å²) in [6.45, 7) is 0. The van der Waals surface area contributed by atoms with Crippen LogP contribution in [0.15, 0.2) is 60.7 Å². The number of aromatic carboxylic acids is 1. The van der Waals surface area contributed by atoms with Gasteiger partial charge in [-0.3, -0.25) is 0 Å². The van der Waals surface area contributed by atoms with Crippen molar-refractivity contribution >= 4 is 16.7 Å². The van der Waals surface area contributed by atoms with Gasteiger partial charge in [0.05, 0.1) is 5.56 Å². The van der Waals surface area contributed by atoms with Crippen molar-refractivity contribution in [3.8, 4) is 11.1 Å². The SMILES string of the molecule is O=C(O)c1ccc2cc(-c3cccc(C4C5CC6CC(C5)CC4C6)c3)ccc2c1. The Labute approximate surface area is 171 Å². The van der Waals surface area contributed by atoms with Gasteiger partial charge in [-0.05, 0) is 107 Å². The third-order valence-electron chi connectivity index (χ3n) is 7.92. The third kappa shape index (κ3) is 2.88.